The van der Waals surface area contributed by atoms with Crippen molar-refractivity contribution in [1.29, 1.82) is 0 Å². The van der Waals surface area contributed by atoms with E-state index in [-0.39, 0.29) is 10.7 Å². The number of aryl methyl sites for hydroxylation is 2. The molecule has 0 fully saturated rings. The quantitative estimate of drug-likeness (QED) is 0.274. The van der Waals surface area contributed by atoms with Crippen molar-refractivity contribution in [2.45, 2.75) is 26.7 Å². The number of ether oxygens (including phenoxy) is 1. The van der Waals surface area contributed by atoms with E-state index in [0.717, 1.165) is 23.3 Å². The van der Waals surface area contributed by atoms with Gasteiger partial charge in [0.2, 0.25) is 0 Å². The Morgan fingerprint density at radius 1 is 0.912 bits per heavy atom. The van der Waals surface area contributed by atoms with Crippen molar-refractivity contribution in [3.05, 3.63) is 100 Å². The van der Waals surface area contributed by atoms with Gasteiger partial charge >= 0.3 is 5.97 Å². The van der Waals surface area contributed by atoms with Gasteiger partial charge in [0.25, 0.3) is 11.8 Å². The van der Waals surface area contributed by atoms with Gasteiger partial charge < -0.3 is 10.1 Å². The highest BCUT2D eigenvalue weighted by atomic mass is 35.5. The van der Waals surface area contributed by atoms with Crippen molar-refractivity contribution >= 4 is 40.8 Å². The van der Waals surface area contributed by atoms with E-state index >= 15 is 0 Å². The van der Waals surface area contributed by atoms with Gasteiger partial charge in [-0.25, -0.2) is 9.69 Å². The number of carbonyl (C=O) groups is 3. The standard InChI is InChI=1S/C27H23ClN2O4/c1-3-4-18-7-15-22(16-8-18)34-27(33)19-9-11-20(12-10-19)29-24-23(28)25(31)30(26(24)32)21-13-5-17(2)6-14-21/h5-16,29H,3-4H2,1-2H3. The minimum absolute atomic E-state index is 0.0188. The third-order valence-electron chi connectivity index (χ3n) is 5.38. The van der Waals surface area contributed by atoms with Crippen molar-refractivity contribution in [1.82, 2.24) is 0 Å². The number of imide groups is 1. The number of carbonyl (C=O) groups excluding carboxylic acids is 3. The summed E-state index contributed by atoms with van der Waals surface area (Å²) in [6, 6.07) is 20.8. The predicted molar refractivity (Wildman–Crippen MR) is 132 cm³/mol. The number of anilines is 2. The number of halogens is 1. The highest BCUT2D eigenvalue weighted by Gasteiger charge is 2.38. The first-order chi connectivity index (χ1) is 16.4. The van der Waals surface area contributed by atoms with E-state index in [1.807, 2.05) is 31.2 Å². The van der Waals surface area contributed by atoms with E-state index in [2.05, 4.69) is 12.2 Å². The van der Waals surface area contributed by atoms with Crippen LogP contribution in [0.15, 0.2) is 83.5 Å². The van der Waals surface area contributed by atoms with Crippen LogP contribution in [0.3, 0.4) is 0 Å². The molecule has 0 spiro atoms. The molecule has 0 saturated carbocycles. The summed E-state index contributed by atoms with van der Waals surface area (Å²) in [7, 11) is 0. The Labute approximate surface area is 202 Å². The third-order valence-corrected chi connectivity index (χ3v) is 5.73. The fraction of sp³-hybridized carbons (Fsp3) is 0.148. The van der Waals surface area contributed by atoms with E-state index < -0.39 is 17.8 Å². The predicted octanol–water partition coefficient (Wildman–Crippen LogP) is 5.60. The van der Waals surface area contributed by atoms with Crippen LogP contribution >= 0.6 is 11.6 Å². The second-order valence-electron chi connectivity index (χ2n) is 7.96. The minimum Gasteiger partial charge on any atom is -0.423 e. The lowest BCUT2D eigenvalue weighted by Gasteiger charge is -2.15. The van der Waals surface area contributed by atoms with Gasteiger partial charge in [0.15, 0.2) is 0 Å². The summed E-state index contributed by atoms with van der Waals surface area (Å²) in [5.74, 6) is -1.17. The molecule has 172 valence electrons. The van der Waals surface area contributed by atoms with Gasteiger partial charge in [0.05, 0.1) is 11.3 Å². The van der Waals surface area contributed by atoms with Gasteiger partial charge in [0, 0.05) is 5.69 Å². The van der Waals surface area contributed by atoms with Gasteiger partial charge in [-0.2, -0.15) is 0 Å². The maximum Gasteiger partial charge on any atom is 0.343 e. The molecule has 7 heteroatoms. The van der Waals surface area contributed by atoms with Crippen molar-refractivity contribution in [3.8, 4) is 5.75 Å². The molecule has 1 heterocycles. The molecule has 2 amide bonds. The first-order valence-corrected chi connectivity index (χ1v) is 11.3. The van der Waals surface area contributed by atoms with Crippen LogP contribution in [-0.2, 0) is 16.0 Å². The highest BCUT2D eigenvalue weighted by molar-refractivity contribution is 6.53. The van der Waals surface area contributed by atoms with E-state index in [9.17, 15) is 14.4 Å². The number of nitrogens with zero attached hydrogens (tertiary/aromatic N) is 1. The Morgan fingerprint density at radius 3 is 2.18 bits per heavy atom. The van der Waals surface area contributed by atoms with Gasteiger partial charge in [-0.3, -0.25) is 9.59 Å². The van der Waals surface area contributed by atoms with Crippen LogP contribution in [0, 0.1) is 6.92 Å². The number of hydrogen-bond donors (Lipinski definition) is 1. The summed E-state index contributed by atoms with van der Waals surface area (Å²) >= 11 is 6.18. The molecule has 0 radical (unpaired) electrons. The van der Waals surface area contributed by atoms with Crippen LogP contribution in [0.5, 0.6) is 5.75 Å². The third kappa shape index (κ3) is 4.87. The SMILES string of the molecule is CCCc1ccc(OC(=O)c2ccc(NC3=C(Cl)C(=O)N(c4ccc(C)cc4)C3=O)cc2)cc1. The molecule has 0 saturated heterocycles. The van der Waals surface area contributed by atoms with E-state index in [4.69, 9.17) is 16.3 Å². The maximum atomic E-state index is 12.9. The normalized spacial score (nSPS) is 13.4. The molecule has 4 rings (SSSR count). The van der Waals surface area contributed by atoms with Gasteiger partial charge in [-0.05, 0) is 67.4 Å². The number of amides is 2. The average molecular weight is 475 g/mol. The first kappa shape index (κ1) is 23.3. The minimum atomic E-state index is -0.594. The van der Waals surface area contributed by atoms with Gasteiger partial charge in [-0.1, -0.05) is 54.8 Å². The summed E-state index contributed by atoms with van der Waals surface area (Å²) < 4.78 is 5.43. The second kappa shape index (κ2) is 9.93. The van der Waals surface area contributed by atoms with E-state index in [1.165, 1.54) is 5.56 Å². The number of esters is 1. The molecule has 0 aliphatic carbocycles. The van der Waals surface area contributed by atoms with Crippen LogP contribution in [0.2, 0.25) is 0 Å². The summed E-state index contributed by atoms with van der Waals surface area (Å²) in [6.45, 7) is 4.02. The summed E-state index contributed by atoms with van der Waals surface area (Å²) in [6.07, 6.45) is 2.02. The molecule has 0 unspecified atom stereocenters. The molecule has 3 aromatic rings. The molecule has 34 heavy (non-hydrogen) atoms. The zero-order chi connectivity index (χ0) is 24.2. The topological polar surface area (TPSA) is 75.7 Å². The number of hydrogen-bond acceptors (Lipinski definition) is 5. The van der Waals surface area contributed by atoms with E-state index in [1.54, 1.807) is 48.5 Å². The van der Waals surface area contributed by atoms with Gasteiger partial charge in [-0.15, -0.1) is 0 Å². The largest absolute Gasteiger partial charge is 0.423 e. The molecule has 3 aromatic carbocycles. The molecular weight excluding hydrogens is 452 g/mol. The van der Waals surface area contributed by atoms with Crippen LogP contribution in [0.1, 0.15) is 34.8 Å². The molecule has 0 aromatic heterocycles. The summed E-state index contributed by atoms with van der Waals surface area (Å²) in [4.78, 5) is 39.0. The Bertz CT molecular complexity index is 1260. The zero-order valence-electron chi connectivity index (χ0n) is 18.8. The average Bonchev–Trinajstić information content (AvgIpc) is 3.04. The number of nitrogens with one attached hydrogen (secondary N) is 1. The Balaban J connectivity index is 1.43. The van der Waals surface area contributed by atoms with Crippen LogP contribution in [0.25, 0.3) is 0 Å². The lowest BCUT2D eigenvalue weighted by Crippen LogP contribution is -2.32. The molecule has 0 bridgehead atoms. The van der Waals surface area contributed by atoms with Crippen molar-refractivity contribution in [3.63, 3.8) is 0 Å². The zero-order valence-corrected chi connectivity index (χ0v) is 19.6. The van der Waals surface area contributed by atoms with Crippen molar-refractivity contribution < 1.29 is 19.1 Å². The fourth-order valence-corrected chi connectivity index (χ4v) is 3.77. The van der Waals surface area contributed by atoms with Gasteiger partial charge in [0.1, 0.15) is 16.5 Å². The smallest absolute Gasteiger partial charge is 0.343 e. The summed E-state index contributed by atoms with van der Waals surface area (Å²) in [5.41, 5.74) is 3.46. The Morgan fingerprint density at radius 2 is 1.56 bits per heavy atom. The van der Waals surface area contributed by atoms with Crippen LogP contribution in [-0.4, -0.2) is 17.8 Å². The van der Waals surface area contributed by atoms with Crippen LogP contribution < -0.4 is 15.0 Å². The molecular formula is C27H23ClN2O4. The molecule has 1 N–H and O–H groups in total. The lowest BCUT2D eigenvalue weighted by atomic mass is 10.1. The number of rotatable bonds is 7. The maximum absolute atomic E-state index is 12.9. The monoisotopic (exact) mass is 474 g/mol. The second-order valence-corrected chi connectivity index (χ2v) is 8.33. The molecule has 0 atom stereocenters. The first-order valence-electron chi connectivity index (χ1n) is 10.9. The Hall–Kier alpha value is -3.90. The highest BCUT2D eigenvalue weighted by Crippen LogP contribution is 2.30. The summed E-state index contributed by atoms with van der Waals surface area (Å²) in [5, 5.41) is 2.71. The van der Waals surface area contributed by atoms with E-state index in [0.29, 0.717) is 22.7 Å². The fourth-order valence-electron chi connectivity index (χ4n) is 3.55. The van der Waals surface area contributed by atoms with Crippen molar-refractivity contribution in [2.24, 2.45) is 0 Å². The number of benzene rings is 3. The molecule has 1 aliphatic heterocycles. The van der Waals surface area contributed by atoms with Crippen molar-refractivity contribution in [2.75, 3.05) is 10.2 Å². The lowest BCUT2D eigenvalue weighted by molar-refractivity contribution is -0.120. The van der Waals surface area contributed by atoms with Crippen LogP contribution in [0.4, 0.5) is 11.4 Å². The Kier molecular flexibility index (Phi) is 6.80. The molecule has 6 nitrogen and oxygen atoms in total. The molecule has 1 aliphatic rings.